The van der Waals surface area contributed by atoms with Crippen LogP contribution in [0.4, 0.5) is 17.1 Å². The quantitative estimate of drug-likeness (QED) is 0.146. The van der Waals surface area contributed by atoms with E-state index in [-0.39, 0.29) is 0 Å². The van der Waals surface area contributed by atoms with Gasteiger partial charge in [-0.15, -0.1) is 0 Å². The molecule has 0 atom stereocenters. The lowest BCUT2D eigenvalue weighted by Crippen LogP contribution is -2.11. The van der Waals surface area contributed by atoms with Crippen LogP contribution in [0.3, 0.4) is 0 Å². The predicted octanol–water partition coefficient (Wildman–Crippen LogP) is 16.7. The van der Waals surface area contributed by atoms with E-state index in [4.69, 9.17) is 0 Å². The van der Waals surface area contributed by atoms with Crippen LogP contribution in [0.25, 0.3) is 93.2 Å². The molecular weight excluding hydrogens is 749 g/mol. The number of hydrogen-bond donors (Lipinski definition) is 0. The summed E-state index contributed by atoms with van der Waals surface area (Å²) in [5, 5.41) is 9.97. The third kappa shape index (κ3) is 5.88. The van der Waals surface area contributed by atoms with E-state index in [0.717, 1.165) is 33.9 Å². The Morgan fingerprint density at radius 1 is 0.290 bits per heavy atom. The topological polar surface area (TPSA) is 8.17 Å². The van der Waals surface area contributed by atoms with E-state index in [1.54, 1.807) is 0 Å². The largest absolute Gasteiger partial charge is 0.309 e. The minimum absolute atomic E-state index is 1.09. The lowest BCUT2D eigenvalue weighted by Gasteiger charge is -2.29. The van der Waals surface area contributed by atoms with Crippen LogP contribution in [0.1, 0.15) is 0 Å². The van der Waals surface area contributed by atoms with Crippen LogP contribution in [0.2, 0.25) is 0 Å². The van der Waals surface area contributed by atoms with Gasteiger partial charge in [0.15, 0.2) is 0 Å². The van der Waals surface area contributed by atoms with Crippen molar-refractivity contribution in [2.45, 2.75) is 0 Å². The summed E-state index contributed by atoms with van der Waals surface area (Å²) in [5.74, 6) is 0. The molecule has 12 aromatic rings. The van der Waals surface area contributed by atoms with E-state index >= 15 is 0 Å². The molecule has 11 aromatic carbocycles. The monoisotopic (exact) mass is 788 g/mol. The Hall–Kier alpha value is -8.20. The summed E-state index contributed by atoms with van der Waals surface area (Å²) in [6.07, 6.45) is 0. The molecule has 0 unspecified atom stereocenters. The summed E-state index contributed by atoms with van der Waals surface area (Å²) in [7, 11) is 0. The maximum absolute atomic E-state index is 2.45. The molecule has 0 radical (unpaired) electrons. The van der Waals surface area contributed by atoms with Crippen molar-refractivity contribution < 1.29 is 0 Å². The second-order valence-electron chi connectivity index (χ2n) is 16.1. The van der Waals surface area contributed by atoms with Crippen LogP contribution in [0.5, 0.6) is 0 Å². The van der Waals surface area contributed by atoms with Gasteiger partial charge in [-0.05, 0) is 115 Å². The molecule has 0 aliphatic heterocycles. The van der Waals surface area contributed by atoms with Crippen LogP contribution in [0, 0.1) is 0 Å². The highest BCUT2D eigenvalue weighted by Gasteiger charge is 2.21. The van der Waals surface area contributed by atoms with Gasteiger partial charge in [0.25, 0.3) is 0 Å². The molecule has 0 aliphatic rings. The molecule has 62 heavy (non-hydrogen) atoms. The normalized spacial score (nSPS) is 11.5. The number of aromatic nitrogens is 1. The molecule has 2 nitrogen and oxygen atoms in total. The first-order chi connectivity index (χ1) is 30.8. The summed E-state index contributed by atoms with van der Waals surface area (Å²) in [6.45, 7) is 0. The second-order valence-corrected chi connectivity index (χ2v) is 16.1. The second kappa shape index (κ2) is 14.8. The van der Waals surface area contributed by atoms with E-state index in [1.165, 1.54) is 76.4 Å². The third-order valence-corrected chi connectivity index (χ3v) is 12.6. The number of rotatable bonds is 7. The standard InChI is InChI=1S/C60H40N2/c1-2-22-46(23-3-1)62-58-32-13-11-29-54(58)60-51(30-16-34-59(60)62)44-21-14-20-43(39-44)50-26-10-12-31-56(50)61(57-33-15-19-41-17-4-7-25-49(41)57)47-37-35-42(36-38-47)55-40-45-18-5-6-24-48(45)52-27-8-9-28-53(52)55/h1-40H. The average Bonchev–Trinajstić information content (AvgIpc) is 3.69. The van der Waals surface area contributed by atoms with Gasteiger partial charge in [-0.1, -0.05) is 182 Å². The van der Waals surface area contributed by atoms with Gasteiger partial charge in [-0.2, -0.15) is 0 Å². The lowest BCUT2D eigenvalue weighted by molar-refractivity contribution is 1.18. The highest BCUT2D eigenvalue weighted by atomic mass is 15.1. The summed E-state index contributed by atoms with van der Waals surface area (Å²) in [5.41, 5.74) is 14.0. The van der Waals surface area contributed by atoms with Crippen molar-refractivity contribution in [3.8, 4) is 39.1 Å². The molecule has 12 rings (SSSR count). The third-order valence-electron chi connectivity index (χ3n) is 12.6. The smallest absolute Gasteiger partial charge is 0.0547 e. The molecule has 1 aromatic heterocycles. The van der Waals surface area contributed by atoms with Crippen molar-refractivity contribution in [3.63, 3.8) is 0 Å². The summed E-state index contributed by atoms with van der Waals surface area (Å²) in [6, 6.07) is 88.5. The minimum Gasteiger partial charge on any atom is -0.309 e. The van der Waals surface area contributed by atoms with Crippen molar-refractivity contribution in [2.75, 3.05) is 4.90 Å². The lowest BCUT2D eigenvalue weighted by atomic mass is 9.93. The van der Waals surface area contributed by atoms with E-state index in [1.807, 2.05) is 0 Å². The fraction of sp³-hybridized carbons (Fsp3) is 0. The van der Waals surface area contributed by atoms with Crippen LogP contribution in [0.15, 0.2) is 243 Å². The first-order valence-electron chi connectivity index (χ1n) is 21.3. The number of nitrogens with zero attached hydrogens (tertiary/aromatic N) is 2. The van der Waals surface area contributed by atoms with Gasteiger partial charge in [0.05, 0.1) is 22.4 Å². The molecular formula is C60H40N2. The van der Waals surface area contributed by atoms with E-state index in [2.05, 4.69) is 252 Å². The zero-order chi connectivity index (χ0) is 41.0. The maximum atomic E-state index is 2.45. The fourth-order valence-electron chi connectivity index (χ4n) is 9.78. The molecule has 1 heterocycles. The molecule has 0 N–H and O–H groups in total. The van der Waals surface area contributed by atoms with Crippen molar-refractivity contribution in [3.05, 3.63) is 243 Å². The molecule has 0 bridgehead atoms. The van der Waals surface area contributed by atoms with Crippen molar-refractivity contribution in [1.82, 2.24) is 4.57 Å². The highest BCUT2D eigenvalue weighted by Crippen LogP contribution is 2.46. The van der Waals surface area contributed by atoms with Gasteiger partial charge in [0.1, 0.15) is 0 Å². The van der Waals surface area contributed by atoms with Crippen LogP contribution in [-0.4, -0.2) is 4.57 Å². The molecule has 0 amide bonds. The Morgan fingerprint density at radius 2 is 0.855 bits per heavy atom. The van der Waals surface area contributed by atoms with Crippen molar-refractivity contribution in [2.24, 2.45) is 0 Å². The Labute approximate surface area is 360 Å². The van der Waals surface area contributed by atoms with E-state index in [0.29, 0.717) is 0 Å². The SMILES string of the molecule is c1ccc(-n2c3ccccc3c3c(-c4cccc(-c5ccccc5N(c5ccc(-c6cc7ccccc7c7ccccc67)cc5)c5cccc6ccccc56)c4)cccc32)cc1. The molecule has 2 heteroatoms. The van der Waals surface area contributed by atoms with Gasteiger partial charge >= 0.3 is 0 Å². The number of hydrogen-bond acceptors (Lipinski definition) is 1. The van der Waals surface area contributed by atoms with E-state index in [9.17, 15) is 0 Å². The first-order valence-corrected chi connectivity index (χ1v) is 21.3. The summed E-state index contributed by atoms with van der Waals surface area (Å²) >= 11 is 0. The molecule has 0 saturated heterocycles. The zero-order valence-corrected chi connectivity index (χ0v) is 34.0. The Kier molecular flexibility index (Phi) is 8.53. The maximum Gasteiger partial charge on any atom is 0.0547 e. The summed E-state index contributed by atoms with van der Waals surface area (Å²) < 4.78 is 2.39. The number of anilines is 3. The molecule has 290 valence electrons. The number of para-hydroxylation sites is 3. The van der Waals surface area contributed by atoms with Crippen molar-refractivity contribution >= 4 is 71.2 Å². The van der Waals surface area contributed by atoms with E-state index < -0.39 is 0 Å². The highest BCUT2D eigenvalue weighted by molar-refractivity contribution is 6.16. The first kappa shape index (κ1) is 35.7. The van der Waals surface area contributed by atoms with Crippen LogP contribution in [-0.2, 0) is 0 Å². The zero-order valence-electron chi connectivity index (χ0n) is 34.0. The minimum atomic E-state index is 1.09. The molecule has 0 saturated carbocycles. The van der Waals surface area contributed by atoms with Crippen LogP contribution >= 0.6 is 0 Å². The van der Waals surface area contributed by atoms with Gasteiger partial charge in [0.2, 0.25) is 0 Å². The molecule has 0 fully saturated rings. The van der Waals surface area contributed by atoms with Gasteiger partial charge in [-0.3, -0.25) is 0 Å². The van der Waals surface area contributed by atoms with Gasteiger partial charge in [-0.25, -0.2) is 0 Å². The Morgan fingerprint density at radius 3 is 1.69 bits per heavy atom. The predicted molar refractivity (Wildman–Crippen MR) is 264 cm³/mol. The molecule has 0 spiro atoms. The average molecular weight is 789 g/mol. The Balaban J connectivity index is 1.02. The Bertz CT molecular complexity index is 3630. The van der Waals surface area contributed by atoms with Crippen LogP contribution < -0.4 is 4.90 Å². The molecule has 0 aliphatic carbocycles. The fourth-order valence-corrected chi connectivity index (χ4v) is 9.78. The number of fused-ring (bicyclic) bond motifs is 7. The summed E-state index contributed by atoms with van der Waals surface area (Å²) in [4.78, 5) is 2.45. The number of benzene rings is 11. The van der Waals surface area contributed by atoms with Crippen molar-refractivity contribution in [1.29, 1.82) is 0 Å². The van der Waals surface area contributed by atoms with Gasteiger partial charge < -0.3 is 9.47 Å². The van der Waals surface area contributed by atoms with Gasteiger partial charge in [0, 0.05) is 33.1 Å².